The third-order valence-corrected chi connectivity index (χ3v) is 4.16. The molecule has 2 aromatic rings. The summed E-state index contributed by atoms with van der Waals surface area (Å²) in [5, 5.41) is 0. The summed E-state index contributed by atoms with van der Waals surface area (Å²) in [7, 11) is 0. The Morgan fingerprint density at radius 3 is 2.22 bits per heavy atom. The molecule has 0 saturated carbocycles. The number of rotatable bonds is 2. The van der Waals surface area contributed by atoms with E-state index in [1.165, 1.54) is 34.9 Å². The van der Waals surface area contributed by atoms with Gasteiger partial charge in [0.2, 0.25) is 0 Å². The molecule has 23 heavy (non-hydrogen) atoms. The van der Waals surface area contributed by atoms with Gasteiger partial charge in [-0.25, -0.2) is 4.39 Å². The Kier molecular flexibility index (Phi) is 4.55. The summed E-state index contributed by atoms with van der Waals surface area (Å²) >= 11 is 0. The molecule has 0 unspecified atom stereocenters. The summed E-state index contributed by atoms with van der Waals surface area (Å²) in [6.07, 6.45) is 5.88. The summed E-state index contributed by atoms with van der Waals surface area (Å²) in [4.78, 5) is 26.6. The predicted molar refractivity (Wildman–Crippen MR) is 86.4 cm³/mol. The number of hydrogen-bond donors (Lipinski definition) is 0. The highest BCUT2D eigenvalue weighted by Crippen LogP contribution is 2.14. The molecule has 3 rings (SSSR count). The van der Waals surface area contributed by atoms with Crippen LogP contribution in [-0.2, 0) is 0 Å². The third kappa shape index (κ3) is 3.50. The number of hydrogen-bond acceptors (Lipinski definition) is 2. The lowest BCUT2D eigenvalue weighted by molar-refractivity contribution is 0.0761. The second-order valence-corrected chi connectivity index (χ2v) is 5.81. The number of carbonyl (C=O) groups is 1. The van der Waals surface area contributed by atoms with Crippen LogP contribution >= 0.6 is 0 Å². The highest BCUT2D eigenvalue weighted by atomic mass is 19.1. The van der Waals surface area contributed by atoms with Crippen LogP contribution in [0.4, 0.5) is 4.39 Å². The Morgan fingerprint density at radius 2 is 1.57 bits per heavy atom. The lowest BCUT2D eigenvalue weighted by Gasteiger charge is -2.20. The van der Waals surface area contributed by atoms with Crippen LogP contribution in [0.15, 0.2) is 47.4 Å². The number of pyridine rings is 1. The maximum atomic E-state index is 13.0. The Bertz CT molecular complexity index is 744. The molecule has 0 radical (unpaired) electrons. The third-order valence-electron chi connectivity index (χ3n) is 4.16. The molecule has 0 N–H and O–H groups in total. The molecule has 2 heterocycles. The molecule has 1 aromatic heterocycles. The van der Waals surface area contributed by atoms with Gasteiger partial charge in [-0.2, -0.15) is 0 Å². The van der Waals surface area contributed by atoms with Crippen LogP contribution in [0.2, 0.25) is 0 Å². The standard InChI is InChI=1S/C18H19FN2O2/c19-15-6-8-16(9-7-15)21-13-14(5-10-17(21)22)18(23)20-11-3-1-2-4-12-20/h5-10,13H,1-4,11-12H2. The second-order valence-electron chi connectivity index (χ2n) is 5.81. The van der Waals surface area contributed by atoms with Gasteiger partial charge in [-0.3, -0.25) is 14.2 Å². The van der Waals surface area contributed by atoms with Crippen LogP contribution in [0.1, 0.15) is 36.0 Å². The topological polar surface area (TPSA) is 42.3 Å². The van der Waals surface area contributed by atoms with Crippen LogP contribution in [0.5, 0.6) is 0 Å². The average Bonchev–Trinajstić information content (AvgIpc) is 2.85. The zero-order chi connectivity index (χ0) is 16.2. The van der Waals surface area contributed by atoms with Gasteiger partial charge in [0.05, 0.1) is 5.56 Å². The van der Waals surface area contributed by atoms with E-state index in [1.54, 1.807) is 12.3 Å². The zero-order valence-corrected chi connectivity index (χ0v) is 12.9. The molecule has 1 amide bonds. The van der Waals surface area contributed by atoms with Crippen LogP contribution in [-0.4, -0.2) is 28.5 Å². The molecular weight excluding hydrogens is 295 g/mol. The van der Waals surface area contributed by atoms with Crippen molar-refractivity contribution in [1.29, 1.82) is 0 Å². The van der Waals surface area contributed by atoms with Gasteiger partial charge in [0.1, 0.15) is 5.82 Å². The van der Waals surface area contributed by atoms with E-state index < -0.39 is 0 Å². The van der Waals surface area contributed by atoms with Gasteiger partial charge in [0.25, 0.3) is 11.5 Å². The molecule has 5 heteroatoms. The summed E-state index contributed by atoms with van der Waals surface area (Å²) in [5.41, 5.74) is 0.779. The minimum Gasteiger partial charge on any atom is -0.339 e. The quantitative estimate of drug-likeness (QED) is 0.855. The van der Waals surface area contributed by atoms with Gasteiger partial charge < -0.3 is 4.90 Å². The first-order valence-corrected chi connectivity index (χ1v) is 7.93. The van der Waals surface area contributed by atoms with E-state index in [9.17, 15) is 14.0 Å². The molecular formula is C18H19FN2O2. The van der Waals surface area contributed by atoms with Crippen molar-refractivity contribution in [2.45, 2.75) is 25.7 Å². The number of likely N-dealkylation sites (tertiary alicyclic amines) is 1. The normalized spacial score (nSPS) is 15.3. The van der Waals surface area contributed by atoms with Crippen molar-refractivity contribution in [3.8, 4) is 5.69 Å². The number of halogens is 1. The maximum Gasteiger partial charge on any atom is 0.255 e. The van der Waals surface area contributed by atoms with Crippen LogP contribution < -0.4 is 5.56 Å². The largest absolute Gasteiger partial charge is 0.339 e. The van der Waals surface area contributed by atoms with Crippen molar-refractivity contribution in [1.82, 2.24) is 9.47 Å². The Hall–Kier alpha value is -2.43. The van der Waals surface area contributed by atoms with Gasteiger partial charge in [0, 0.05) is 31.0 Å². The van der Waals surface area contributed by atoms with Crippen molar-refractivity contribution in [3.05, 3.63) is 64.3 Å². The SMILES string of the molecule is O=C(c1ccc(=O)n(-c2ccc(F)cc2)c1)N1CCCCCC1. The first-order valence-electron chi connectivity index (χ1n) is 7.93. The lowest BCUT2D eigenvalue weighted by Crippen LogP contribution is -2.32. The highest BCUT2D eigenvalue weighted by Gasteiger charge is 2.18. The Balaban J connectivity index is 1.91. The minimum atomic E-state index is -0.362. The highest BCUT2D eigenvalue weighted by molar-refractivity contribution is 5.94. The molecule has 120 valence electrons. The van der Waals surface area contributed by atoms with Gasteiger partial charge in [0.15, 0.2) is 0 Å². The van der Waals surface area contributed by atoms with E-state index in [0.717, 1.165) is 38.8 Å². The zero-order valence-electron chi connectivity index (χ0n) is 12.9. The average molecular weight is 314 g/mol. The number of nitrogens with zero attached hydrogens (tertiary/aromatic N) is 2. The number of carbonyl (C=O) groups excluding carboxylic acids is 1. The van der Waals surface area contributed by atoms with E-state index in [0.29, 0.717) is 11.3 Å². The van der Waals surface area contributed by atoms with Crippen molar-refractivity contribution >= 4 is 5.91 Å². The van der Waals surface area contributed by atoms with Crippen molar-refractivity contribution in [2.75, 3.05) is 13.1 Å². The Morgan fingerprint density at radius 1 is 0.913 bits per heavy atom. The molecule has 1 aliphatic heterocycles. The van der Waals surface area contributed by atoms with Crippen LogP contribution in [0.3, 0.4) is 0 Å². The van der Waals surface area contributed by atoms with E-state index in [2.05, 4.69) is 0 Å². The first kappa shape index (κ1) is 15.5. The maximum absolute atomic E-state index is 13.0. The van der Waals surface area contributed by atoms with E-state index in [1.807, 2.05) is 4.90 Å². The molecule has 0 atom stereocenters. The molecule has 1 saturated heterocycles. The fourth-order valence-corrected chi connectivity index (χ4v) is 2.87. The number of aromatic nitrogens is 1. The van der Waals surface area contributed by atoms with Crippen LogP contribution in [0, 0.1) is 5.82 Å². The molecule has 4 nitrogen and oxygen atoms in total. The van der Waals surface area contributed by atoms with Gasteiger partial charge in [-0.1, -0.05) is 12.8 Å². The summed E-state index contributed by atoms with van der Waals surface area (Å²) in [5.74, 6) is -0.415. The van der Waals surface area contributed by atoms with Crippen LogP contribution in [0.25, 0.3) is 5.69 Å². The molecule has 1 aromatic carbocycles. The van der Waals surface area contributed by atoms with E-state index >= 15 is 0 Å². The smallest absolute Gasteiger partial charge is 0.255 e. The monoisotopic (exact) mass is 314 g/mol. The predicted octanol–water partition coefficient (Wildman–Crippen LogP) is 2.99. The second kappa shape index (κ2) is 6.77. The molecule has 1 fully saturated rings. The Labute approximate surface area is 134 Å². The lowest BCUT2D eigenvalue weighted by atomic mass is 10.2. The van der Waals surface area contributed by atoms with Gasteiger partial charge in [-0.15, -0.1) is 0 Å². The molecule has 0 bridgehead atoms. The number of amides is 1. The molecule has 0 aliphatic carbocycles. The van der Waals surface area contributed by atoms with Gasteiger partial charge in [-0.05, 0) is 43.2 Å². The first-order chi connectivity index (χ1) is 11.1. The van der Waals surface area contributed by atoms with Crippen molar-refractivity contribution in [2.24, 2.45) is 0 Å². The fraction of sp³-hybridized carbons (Fsp3) is 0.333. The molecule has 0 spiro atoms. The molecule has 1 aliphatic rings. The summed E-state index contributed by atoms with van der Waals surface area (Å²) < 4.78 is 14.4. The van der Waals surface area contributed by atoms with Gasteiger partial charge >= 0.3 is 0 Å². The summed E-state index contributed by atoms with van der Waals surface area (Å²) in [6.45, 7) is 1.52. The van der Waals surface area contributed by atoms with Crippen molar-refractivity contribution < 1.29 is 9.18 Å². The fourth-order valence-electron chi connectivity index (χ4n) is 2.87. The number of benzene rings is 1. The minimum absolute atomic E-state index is 0.0530. The van der Waals surface area contributed by atoms with Crippen molar-refractivity contribution in [3.63, 3.8) is 0 Å². The van der Waals surface area contributed by atoms with E-state index in [4.69, 9.17) is 0 Å². The van der Waals surface area contributed by atoms with E-state index in [-0.39, 0.29) is 17.3 Å². The summed E-state index contributed by atoms with van der Waals surface area (Å²) in [6, 6.07) is 8.59.